The van der Waals surface area contributed by atoms with Crippen LogP contribution in [0.5, 0.6) is 0 Å². The maximum Gasteiger partial charge on any atom is 0.303 e. The second kappa shape index (κ2) is 8.08. The first-order valence-corrected chi connectivity index (χ1v) is 6.49. The molecular weight excluding hydrogens is 232 g/mol. The molecule has 0 saturated heterocycles. The van der Waals surface area contributed by atoms with Crippen LogP contribution in [0.3, 0.4) is 0 Å². The molecule has 0 aromatic heterocycles. The zero-order chi connectivity index (χ0) is 14.2. The normalized spacial score (nSPS) is 13.1. The van der Waals surface area contributed by atoms with E-state index in [0.717, 1.165) is 12.8 Å². The van der Waals surface area contributed by atoms with Crippen molar-refractivity contribution >= 4 is 11.9 Å². The molecular formula is C13H26N2O3. The number of nitrogens with two attached hydrogens (primary N) is 1. The van der Waals surface area contributed by atoms with Crippen molar-refractivity contribution < 1.29 is 14.7 Å². The van der Waals surface area contributed by atoms with Crippen molar-refractivity contribution in [3.05, 3.63) is 0 Å². The highest BCUT2D eigenvalue weighted by Gasteiger charge is 2.21. The molecule has 0 spiro atoms. The average molecular weight is 258 g/mol. The molecule has 1 atom stereocenters. The van der Waals surface area contributed by atoms with Crippen molar-refractivity contribution in [3.8, 4) is 0 Å². The Balaban J connectivity index is 3.94. The fourth-order valence-electron chi connectivity index (χ4n) is 1.73. The first kappa shape index (κ1) is 16.9. The van der Waals surface area contributed by atoms with Crippen LogP contribution in [0.15, 0.2) is 0 Å². The summed E-state index contributed by atoms with van der Waals surface area (Å²) in [5.74, 6) is -0.411. The molecule has 5 heteroatoms. The minimum absolute atomic E-state index is 0.0192. The Bertz CT molecular complexity index is 277. The molecule has 18 heavy (non-hydrogen) atoms. The molecule has 0 bridgehead atoms. The van der Waals surface area contributed by atoms with E-state index in [-0.39, 0.29) is 12.3 Å². The van der Waals surface area contributed by atoms with Crippen molar-refractivity contribution in [2.24, 2.45) is 11.7 Å². The lowest BCUT2D eigenvalue weighted by Gasteiger charge is -2.26. The molecule has 0 aromatic rings. The molecule has 1 amide bonds. The number of nitrogens with one attached hydrogen (secondary N) is 1. The van der Waals surface area contributed by atoms with Crippen LogP contribution in [0.25, 0.3) is 0 Å². The highest BCUT2D eigenvalue weighted by molar-refractivity contribution is 5.76. The molecule has 5 nitrogen and oxygen atoms in total. The van der Waals surface area contributed by atoms with Gasteiger partial charge in [0.25, 0.3) is 0 Å². The first-order chi connectivity index (χ1) is 8.26. The smallest absolute Gasteiger partial charge is 0.303 e. The van der Waals surface area contributed by atoms with Gasteiger partial charge in [0.05, 0.1) is 0 Å². The van der Waals surface area contributed by atoms with Gasteiger partial charge in [-0.1, -0.05) is 6.92 Å². The molecule has 106 valence electrons. The van der Waals surface area contributed by atoms with Crippen molar-refractivity contribution in [1.29, 1.82) is 0 Å². The number of carboxylic acid groups (broad SMARTS) is 1. The molecule has 1 unspecified atom stereocenters. The van der Waals surface area contributed by atoms with E-state index >= 15 is 0 Å². The summed E-state index contributed by atoms with van der Waals surface area (Å²) in [6, 6.07) is 0. The number of rotatable bonds is 9. The SMILES string of the molecule is CC(CCN)CCC(=O)NC(C)(C)CCC(=O)O. The topological polar surface area (TPSA) is 92.4 Å². The minimum Gasteiger partial charge on any atom is -0.481 e. The Hall–Kier alpha value is -1.10. The molecule has 0 radical (unpaired) electrons. The third kappa shape index (κ3) is 8.98. The van der Waals surface area contributed by atoms with Gasteiger partial charge in [0, 0.05) is 18.4 Å². The van der Waals surface area contributed by atoms with Crippen LogP contribution in [0.2, 0.25) is 0 Å². The fourth-order valence-corrected chi connectivity index (χ4v) is 1.73. The summed E-state index contributed by atoms with van der Waals surface area (Å²) in [5.41, 5.74) is 4.98. The monoisotopic (exact) mass is 258 g/mol. The summed E-state index contributed by atoms with van der Waals surface area (Å²) < 4.78 is 0. The predicted molar refractivity (Wildman–Crippen MR) is 71.2 cm³/mol. The maximum atomic E-state index is 11.7. The van der Waals surface area contributed by atoms with Crippen LogP contribution in [0.1, 0.15) is 52.9 Å². The molecule has 0 aliphatic carbocycles. The number of hydrogen-bond acceptors (Lipinski definition) is 3. The Morgan fingerprint density at radius 2 is 1.89 bits per heavy atom. The van der Waals surface area contributed by atoms with Gasteiger partial charge in [-0.25, -0.2) is 0 Å². The third-order valence-corrected chi connectivity index (χ3v) is 2.97. The molecule has 0 rings (SSSR count). The lowest BCUT2D eigenvalue weighted by molar-refractivity contribution is -0.137. The van der Waals surface area contributed by atoms with E-state index in [1.165, 1.54) is 0 Å². The zero-order valence-corrected chi connectivity index (χ0v) is 11.7. The van der Waals surface area contributed by atoms with Crippen LogP contribution >= 0.6 is 0 Å². The van der Waals surface area contributed by atoms with Gasteiger partial charge in [-0.15, -0.1) is 0 Å². The maximum absolute atomic E-state index is 11.7. The lowest BCUT2D eigenvalue weighted by atomic mass is 9.97. The summed E-state index contributed by atoms with van der Waals surface area (Å²) in [6.45, 7) is 6.41. The third-order valence-electron chi connectivity index (χ3n) is 2.97. The average Bonchev–Trinajstić information content (AvgIpc) is 2.24. The van der Waals surface area contributed by atoms with Crippen molar-refractivity contribution in [1.82, 2.24) is 5.32 Å². The van der Waals surface area contributed by atoms with E-state index in [0.29, 0.717) is 25.3 Å². The van der Waals surface area contributed by atoms with E-state index in [2.05, 4.69) is 12.2 Å². The number of aliphatic carboxylic acids is 1. The van der Waals surface area contributed by atoms with E-state index in [1.807, 2.05) is 13.8 Å². The van der Waals surface area contributed by atoms with Crippen LogP contribution < -0.4 is 11.1 Å². The highest BCUT2D eigenvalue weighted by atomic mass is 16.4. The number of carbonyl (C=O) groups excluding carboxylic acids is 1. The van der Waals surface area contributed by atoms with E-state index in [9.17, 15) is 9.59 Å². The molecule has 0 saturated carbocycles. The van der Waals surface area contributed by atoms with Gasteiger partial charge >= 0.3 is 5.97 Å². The molecule has 0 fully saturated rings. The number of carboxylic acids is 1. The first-order valence-electron chi connectivity index (χ1n) is 6.49. The highest BCUT2D eigenvalue weighted by Crippen LogP contribution is 2.13. The Labute approximate surface area is 109 Å². The largest absolute Gasteiger partial charge is 0.481 e. The van der Waals surface area contributed by atoms with E-state index < -0.39 is 11.5 Å². The standard InChI is InChI=1S/C13H26N2O3/c1-10(7-9-14)4-5-11(16)15-13(2,3)8-6-12(17)18/h10H,4-9,14H2,1-3H3,(H,15,16)(H,17,18). The van der Waals surface area contributed by atoms with Gasteiger partial charge in [-0.3, -0.25) is 9.59 Å². The van der Waals surface area contributed by atoms with E-state index in [1.54, 1.807) is 0 Å². The van der Waals surface area contributed by atoms with Crippen molar-refractivity contribution in [2.45, 2.75) is 58.4 Å². The molecule has 4 N–H and O–H groups in total. The summed E-state index contributed by atoms with van der Waals surface area (Å²) in [6.07, 6.45) is 2.72. The number of carbonyl (C=O) groups is 2. The quantitative estimate of drug-likeness (QED) is 0.584. The molecule has 0 aliphatic heterocycles. The Morgan fingerprint density at radius 3 is 2.39 bits per heavy atom. The molecule has 0 aromatic carbocycles. The van der Waals surface area contributed by atoms with Crippen LogP contribution in [-0.4, -0.2) is 29.1 Å². The fraction of sp³-hybridized carbons (Fsp3) is 0.846. The van der Waals surface area contributed by atoms with Gasteiger partial charge in [-0.05, 0) is 45.6 Å². The molecule has 0 heterocycles. The Kier molecular flexibility index (Phi) is 7.59. The van der Waals surface area contributed by atoms with Gasteiger partial charge in [0.2, 0.25) is 5.91 Å². The zero-order valence-electron chi connectivity index (χ0n) is 11.7. The summed E-state index contributed by atoms with van der Waals surface area (Å²) in [4.78, 5) is 22.2. The second-order valence-electron chi connectivity index (χ2n) is 5.55. The minimum atomic E-state index is -0.839. The molecule has 0 aliphatic rings. The summed E-state index contributed by atoms with van der Waals surface area (Å²) in [5, 5.41) is 11.5. The van der Waals surface area contributed by atoms with Crippen molar-refractivity contribution in [3.63, 3.8) is 0 Å². The van der Waals surface area contributed by atoms with Gasteiger partial charge < -0.3 is 16.2 Å². The number of hydrogen-bond donors (Lipinski definition) is 3. The Morgan fingerprint density at radius 1 is 1.28 bits per heavy atom. The van der Waals surface area contributed by atoms with Crippen LogP contribution in [0.4, 0.5) is 0 Å². The van der Waals surface area contributed by atoms with E-state index in [4.69, 9.17) is 10.8 Å². The lowest BCUT2D eigenvalue weighted by Crippen LogP contribution is -2.43. The number of amides is 1. The van der Waals surface area contributed by atoms with Crippen LogP contribution in [0, 0.1) is 5.92 Å². The van der Waals surface area contributed by atoms with Crippen LogP contribution in [-0.2, 0) is 9.59 Å². The van der Waals surface area contributed by atoms with Gasteiger partial charge in [-0.2, -0.15) is 0 Å². The summed E-state index contributed by atoms with van der Waals surface area (Å²) >= 11 is 0. The van der Waals surface area contributed by atoms with Gasteiger partial charge in [0.1, 0.15) is 0 Å². The van der Waals surface area contributed by atoms with Crippen molar-refractivity contribution in [2.75, 3.05) is 6.54 Å². The second-order valence-corrected chi connectivity index (χ2v) is 5.55. The predicted octanol–water partition coefficient (Wildman–Crippen LogP) is 1.51. The van der Waals surface area contributed by atoms with Gasteiger partial charge in [0.15, 0.2) is 0 Å². The summed E-state index contributed by atoms with van der Waals surface area (Å²) in [7, 11) is 0.